The summed E-state index contributed by atoms with van der Waals surface area (Å²) in [7, 11) is 0. The molecule has 1 aromatic heterocycles. The minimum atomic E-state index is 0.172. The van der Waals surface area contributed by atoms with Gasteiger partial charge in [0.25, 0.3) is 0 Å². The molecule has 0 atom stereocenters. The number of benzene rings is 2. The lowest BCUT2D eigenvalue weighted by atomic mass is 9.92. The van der Waals surface area contributed by atoms with Crippen molar-refractivity contribution in [2.75, 3.05) is 0 Å². The molecule has 3 aromatic rings. The van der Waals surface area contributed by atoms with E-state index in [2.05, 4.69) is 35.3 Å². The molecule has 1 aliphatic rings. The third-order valence-electron chi connectivity index (χ3n) is 3.66. The quantitative estimate of drug-likeness (QED) is 0.567. The van der Waals surface area contributed by atoms with E-state index in [1.807, 2.05) is 18.3 Å². The van der Waals surface area contributed by atoms with E-state index in [4.69, 9.17) is 0 Å². The molecular formula is C17H11NO. The summed E-state index contributed by atoms with van der Waals surface area (Å²) >= 11 is 0. The molecule has 0 unspecified atom stereocenters. The Morgan fingerprint density at radius 2 is 1.89 bits per heavy atom. The highest BCUT2D eigenvalue weighted by atomic mass is 16.1. The van der Waals surface area contributed by atoms with E-state index in [0.717, 1.165) is 32.8 Å². The molecule has 0 bridgehead atoms. The Balaban J connectivity index is 2.12. The van der Waals surface area contributed by atoms with E-state index < -0.39 is 0 Å². The van der Waals surface area contributed by atoms with Crippen LogP contribution in [0.1, 0.15) is 11.1 Å². The van der Waals surface area contributed by atoms with Crippen molar-refractivity contribution in [3.8, 4) is 0 Å². The Kier molecular flexibility index (Phi) is 2.06. The van der Waals surface area contributed by atoms with Gasteiger partial charge in [-0.1, -0.05) is 30.3 Å². The Hall–Kier alpha value is -2.48. The fraction of sp³-hybridized carbons (Fsp3) is 0.0588. The number of fused-ring (bicyclic) bond motifs is 4. The fourth-order valence-electron chi connectivity index (χ4n) is 2.72. The van der Waals surface area contributed by atoms with Crippen molar-refractivity contribution in [2.45, 2.75) is 6.42 Å². The monoisotopic (exact) mass is 245 g/mol. The van der Waals surface area contributed by atoms with E-state index in [1.54, 1.807) is 6.08 Å². The Morgan fingerprint density at radius 3 is 2.84 bits per heavy atom. The van der Waals surface area contributed by atoms with Gasteiger partial charge in [0.05, 0.1) is 5.52 Å². The first-order valence-corrected chi connectivity index (χ1v) is 6.32. The lowest BCUT2D eigenvalue weighted by Crippen LogP contribution is -2.05. The number of carbonyl (C=O) groups excluding carboxylic acids is 1. The van der Waals surface area contributed by atoms with Crippen molar-refractivity contribution in [3.63, 3.8) is 0 Å². The van der Waals surface area contributed by atoms with Gasteiger partial charge in [-0.15, -0.1) is 0 Å². The number of hydrogen-bond acceptors (Lipinski definition) is 2. The molecule has 2 heteroatoms. The zero-order valence-electron chi connectivity index (χ0n) is 10.3. The van der Waals surface area contributed by atoms with Crippen LogP contribution in [0.15, 0.2) is 48.7 Å². The highest BCUT2D eigenvalue weighted by molar-refractivity contribution is 6.08. The van der Waals surface area contributed by atoms with Gasteiger partial charge in [0.15, 0.2) is 5.78 Å². The lowest BCUT2D eigenvalue weighted by molar-refractivity contribution is -0.114. The minimum absolute atomic E-state index is 0.172. The second kappa shape index (κ2) is 3.75. The summed E-state index contributed by atoms with van der Waals surface area (Å²) in [5.74, 6) is 0.172. The van der Waals surface area contributed by atoms with Crippen LogP contribution in [0.4, 0.5) is 0 Å². The molecule has 2 aromatic carbocycles. The maximum atomic E-state index is 11.5. The zero-order valence-corrected chi connectivity index (χ0v) is 10.3. The SMILES string of the molecule is O=C1C=Cc2cc3c(ccc4cccnc43)cc2C1. The van der Waals surface area contributed by atoms with Gasteiger partial charge >= 0.3 is 0 Å². The highest BCUT2D eigenvalue weighted by Crippen LogP contribution is 2.29. The minimum Gasteiger partial charge on any atom is -0.294 e. The molecule has 0 amide bonds. The Morgan fingerprint density at radius 1 is 1.00 bits per heavy atom. The van der Waals surface area contributed by atoms with Gasteiger partial charge < -0.3 is 0 Å². The molecule has 2 nitrogen and oxygen atoms in total. The van der Waals surface area contributed by atoms with Crippen LogP contribution in [0.5, 0.6) is 0 Å². The topological polar surface area (TPSA) is 30.0 Å². The molecular weight excluding hydrogens is 234 g/mol. The molecule has 90 valence electrons. The molecule has 4 rings (SSSR count). The third kappa shape index (κ3) is 1.57. The first-order chi connectivity index (χ1) is 9.31. The first kappa shape index (κ1) is 10.4. The summed E-state index contributed by atoms with van der Waals surface area (Å²) in [6.07, 6.45) is 5.89. The van der Waals surface area contributed by atoms with E-state index in [9.17, 15) is 4.79 Å². The van der Waals surface area contributed by atoms with Crippen LogP contribution in [-0.4, -0.2) is 10.8 Å². The number of ketones is 1. The Labute approximate surface area is 110 Å². The van der Waals surface area contributed by atoms with Gasteiger partial charge in [-0.2, -0.15) is 0 Å². The average molecular weight is 245 g/mol. The molecule has 0 saturated heterocycles. The summed E-state index contributed by atoms with van der Waals surface area (Å²) in [5, 5.41) is 3.44. The summed E-state index contributed by atoms with van der Waals surface area (Å²) in [5.41, 5.74) is 3.26. The second-order valence-corrected chi connectivity index (χ2v) is 4.89. The first-order valence-electron chi connectivity index (χ1n) is 6.32. The van der Waals surface area contributed by atoms with Crippen molar-refractivity contribution in [2.24, 2.45) is 0 Å². The molecule has 0 saturated carbocycles. The Bertz CT molecular complexity index is 862. The molecule has 0 fully saturated rings. The largest absolute Gasteiger partial charge is 0.294 e. The van der Waals surface area contributed by atoms with E-state index in [0.29, 0.717) is 6.42 Å². The number of aromatic nitrogens is 1. The van der Waals surface area contributed by atoms with Crippen molar-refractivity contribution < 1.29 is 4.79 Å². The van der Waals surface area contributed by atoms with Crippen molar-refractivity contribution >= 4 is 33.5 Å². The summed E-state index contributed by atoms with van der Waals surface area (Å²) in [4.78, 5) is 16.0. The molecule has 1 aliphatic carbocycles. The molecule has 0 aliphatic heterocycles. The summed E-state index contributed by atoms with van der Waals surface area (Å²) in [6.45, 7) is 0. The van der Waals surface area contributed by atoms with Gasteiger partial charge in [0.2, 0.25) is 0 Å². The van der Waals surface area contributed by atoms with Gasteiger partial charge in [-0.3, -0.25) is 9.78 Å². The predicted octanol–water partition coefficient (Wildman–Crippen LogP) is 3.53. The van der Waals surface area contributed by atoms with Crippen LogP contribution in [0.3, 0.4) is 0 Å². The van der Waals surface area contributed by atoms with Crippen LogP contribution in [0.25, 0.3) is 27.8 Å². The fourth-order valence-corrected chi connectivity index (χ4v) is 2.72. The van der Waals surface area contributed by atoms with E-state index >= 15 is 0 Å². The van der Waals surface area contributed by atoms with E-state index in [-0.39, 0.29) is 5.78 Å². The number of hydrogen-bond donors (Lipinski definition) is 0. The smallest absolute Gasteiger partial charge is 0.160 e. The van der Waals surface area contributed by atoms with Crippen LogP contribution in [-0.2, 0) is 11.2 Å². The predicted molar refractivity (Wildman–Crippen MR) is 77.0 cm³/mol. The molecule has 1 heterocycles. The lowest BCUT2D eigenvalue weighted by Gasteiger charge is -2.12. The van der Waals surface area contributed by atoms with Gasteiger partial charge in [0, 0.05) is 23.4 Å². The van der Waals surface area contributed by atoms with Crippen LogP contribution < -0.4 is 0 Å². The molecule has 0 radical (unpaired) electrons. The van der Waals surface area contributed by atoms with Gasteiger partial charge in [0.1, 0.15) is 0 Å². The maximum Gasteiger partial charge on any atom is 0.160 e. The normalized spacial score (nSPS) is 14.0. The number of allylic oxidation sites excluding steroid dienone is 1. The highest BCUT2D eigenvalue weighted by Gasteiger charge is 2.12. The number of pyridine rings is 1. The second-order valence-electron chi connectivity index (χ2n) is 4.89. The van der Waals surface area contributed by atoms with Crippen molar-refractivity contribution in [1.29, 1.82) is 0 Å². The van der Waals surface area contributed by atoms with Gasteiger partial charge in [-0.25, -0.2) is 0 Å². The third-order valence-corrected chi connectivity index (χ3v) is 3.66. The van der Waals surface area contributed by atoms with Crippen LogP contribution in [0, 0.1) is 0 Å². The molecule has 0 spiro atoms. The van der Waals surface area contributed by atoms with Crippen LogP contribution >= 0.6 is 0 Å². The number of carbonyl (C=O) groups is 1. The molecule has 19 heavy (non-hydrogen) atoms. The maximum absolute atomic E-state index is 11.5. The van der Waals surface area contributed by atoms with Crippen LogP contribution in [0.2, 0.25) is 0 Å². The summed E-state index contributed by atoms with van der Waals surface area (Å²) < 4.78 is 0. The number of rotatable bonds is 0. The van der Waals surface area contributed by atoms with Crippen molar-refractivity contribution in [3.05, 3.63) is 59.8 Å². The molecule has 0 N–H and O–H groups in total. The zero-order chi connectivity index (χ0) is 12.8. The van der Waals surface area contributed by atoms with E-state index in [1.165, 1.54) is 0 Å². The van der Waals surface area contributed by atoms with Gasteiger partial charge in [-0.05, 0) is 34.7 Å². The van der Waals surface area contributed by atoms with Crippen molar-refractivity contribution in [1.82, 2.24) is 4.98 Å². The number of nitrogens with zero attached hydrogens (tertiary/aromatic N) is 1. The average Bonchev–Trinajstić information content (AvgIpc) is 2.45. The standard InChI is InChI=1S/C17H11NO/c19-15-6-5-12-10-16-13(8-14(12)9-15)4-3-11-2-1-7-18-17(11)16/h1-8,10H,9H2. The summed E-state index contributed by atoms with van der Waals surface area (Å²) in [6, 6.07) is 12.5.